The van der Waals surface area contributed by atoms with Crippen molar-refractivity contribution in [2.45, 2.75) is 55.4 Å². The fraction of sp³-hybridized carbons (Fsp3) is 0.800. The number of hydrogen-bond donors (Lipinski definition) is 0. The molecule has 186 valence electrons. The van der Waals surface area contributed by atoms with Crippen molar-refractivity contribution in [3.63, 3.8) is 0 Å². The summed E-state index contributed by atoms with van der Waals surface area (Å²) >= 11 is 0. The lowest BCUT2D eigenvalue weighted by atomic mass is 10.2. The van der Waals surface area contributed by atoms with E-state index < -0.39 is 23.4 Å². The van der Waals surface area contributed by atoms with Crippen LogP contribution in [0.5, 0.6) is 0 Å². The third-order valence-corrected chi connectivity index (χ3v) is 6.17. The van der Waals surface area contributed by atoms with Crippen LogP contribution in [0.2, 0.25) is 0 Å². The van der Waals surface area contributed by atoms with E-state index in [1.807, 2.05) is 67.6 Å². The molecule has 0 aromatic heterocycles. The van der Waals surface area contributed by atoms with E-state index in [4.69, 9.17) is 27.1 Å². The van der Waals surface area contributed by atoms with Gasteiger partial charge in [-0.3, -0.25) is 18.1 Å². The maximum atomic E-state index is 12.7. The molecule has 0 fully saturated rings. The highest BCUT2D eigenvalue weighted by Gasteiger charge is 2.24. The molecule has 32 heavy (non-hydrogen) atoms. The van der Waals surface area contributed by atoms with Crippen molar-refractivity contribution >= 4 is 23.4 Å². The summed E-state index contributed by atoms with van der Waals surface area (Å²) in [5.74, 6) is 0.437. The van der Waals surface area contributed by atoms with Gasteiger partial charge in [0.25, 0.3) is 0 Å². The largest absolute Gasteiger partial charge is 0.435 e. The van der Waals surface area contributed by atoms with E-state index in [0.717, 1.165) is 0 Å². The third kappa shape index (κ3) is 16.8. The van der Waals surface area contributed by atoms with E-state index in [9.17, 15) is 13.7 Å². The van der Waals surface area contributed by atoms with Crippen LogP contribution >= 0.6 is 23.4 Å². The third-order valence-electron chi connectivity index (χ3n) is 2.95. The van der Waals surface area contributed by atoms with Crippen molar-refractivity contribution in [2.24, 2.45) is 23.7 Å². The molecule has 0 aromatic carbocycles. The molecule has 0 amide bonds. The normalized spacial score (nSPS) is 12.2. The molecule has 0 saturated heterocycles. The topological polar surface area (TPSA) is 107 Å². The Morgan fingerprint density at radius 3 is 1.06 bits per heavy atom. The minimum absolute atomic E-state index is 0.109. The first-order chi connectivity index (χ1) is 14.8. The first-order valence-electron chi connectivity index (χ1n) is 10.5. The second-order valence-electron chi connectivity index (χ2n) is 8.64. The smallest absolute Gasteiger partial charge is 0.363 e. The Morgan fingerprint density at radius 2 is 0.844 bits per heavy atom. The van der Waals surface area contributed by atoms with Gasteiger partial charge in [0.05, 0.1) is 37.8 Å². The van der Waals surface area contributed by atoms with Crippen LogP contribution < -0.4 is 0 Å². The van der Waals surface area contributed by atoms with Crippen molar-refractivity contribution in [3.05, 3.63) is 0 Å². The van der Waals surface area contributed by atoms with Gasteiger partial charge in [0.2, 0.25) is 0 Å². The lowest BCUT2D eigenvalue weighted by Crippen LogP contribution is -2.05. The minimum Gasteiger partial charge on any atom is -0.363 e. The molecule has 0 aliphatic carbocycles. The monoisotopic (exact) mass is 514 g/mol. The predicted octanol–water partition coefficient (Wildman–Crippen LogP) is 6.32. The average molecular weight is 514 g/mol. The predicted molar refractivity (Wildman–Crippen MR) is 125 cm³/mol. The fourth-order valence-corrected chi connectivity index (χ4v) is 4.64. The molecule has 0 radical (unpaired) electrons. The van der Waals surface area contributed by atoms with Gasteiger partial charge in [-0.2, -0.15) is 0 Å². The highest BCUT2D eigenvalue weighted by molar-refractivity contribution is 7.59. The Bertz CT molecular complexity index is 690. The van der Waals surface area contributed by atoms with Gasteiger partial charge < -0.3 is 9.05 Å². The van der Waals surface area contributed by atoms with E-state index in [1.54, 1.807) is 0 Å². The minimum atomic E-state index is -3.76. The van der Waals surface area contributed by atoms with Gasteiger partial charge in [0, 0.05) is 0 Å². The van der Waals surface area contributed by atoms with E-state index in [0.29, 0.717) is 0 Å². The number of hydrogen-bond acceptors (Lipinski definition) is 9. The Hall–Kier alpha value is -0.750. The molecule has 0 saturated carbocycles. The highest BCUT2D eigenvalue weighted by Crippen LogP contribution is 2.49. The summed E-state index contributed by atoms with van der Waals surface area (Å²) < 4.78 is 67.8. The molecule has 0 atom stereocenters. The van der Waals surface area contributed by atoms with Crippen molar-refractivity contribution in [1.82, 2.24) is 0 Å². The zero-order valence-electron chi connectivity index (χ0n) is 20.2. The van der Waals surface area contributed by atoms with Crippen LogP contribution in [-0.2, 0) is 40.8 Å². The van der Waals surface area contributed by atoms with Gasteiger partial charge in [0.15, 0.2) is 0 Å². The van der Waals surface area contributed by atoms with Crippen LogP contribution in [0.4, 0.5) is 0 Å². The maximum absolute atomic E-state index is 12.7. The first kappa shape index (κ1) is 31.2. The Labute approximate surface area is 193 Å². The quantitative estimate of drug-likeness (QED) is 0.194. The van der Waals surface area contributed by atoms with Crippen molar-refractivity contribution < 1.29 is 40.8 Å². The maximum Gasteiger partial charge on any atom is 0.435 e. The summed E-state index contributed by atoms with van der Waals surface area (Å²) in [6.45, 7) is 15.8. The summed E-state index contributed by atoms with van der Waals surface area (Å²) in [4.78, 5) is 0. The van der Waals surface area contributed by atoms with Crippen molar-refractivity contribution in [3.8, 4) is 23.5 Å². The molecule has 0 aromatic rings. The standard InChI is InChI=1S/C20H37O9P3/c1-17(2)13-26-31(22,27-14-18(3)4)11-9-24-30(21)25-10-12-32(23,28-15-19(5)6)29-16-20(7)8/h17-20,30H,13-16H2,1-8H3. The molecule has 0 unspecified atom stereocenters. The fourth-order valence-electron chi connectivity index (χ4n) is 1.45. The molecule has 9 nitrogen and oxygen atoms in total. The molecule has 0 N–H and O–H groups in total. The molecule has 0 spiro atoms. The van der Waals surface area contributed by atoms with Crippen LogP contribution in [0.1, 0.15) is 55.4 Å². The molecular weight excluding hydrogens is 477 g/mol. The van der Waals surface area contributed by atoms with Crippen molar-refractivity contribution in [2.75, 3.05) is 26.4 Å². The van der Waals surface area contributed by atoms with Gasteiger partial charge in [-0.15, -0.1) is 0 Å². The van der Waals surface area contributed by atoms with E-state index in [2.05, 4.69) is 11.3 Å². The molecule has 0 aliphatic rings. The van der Waals surface area contributed by atoms with E-state index in [-0.39, 0.29) is 50.1 Å². The van der Waals surface area contributed by atoms with E-state index >= 15 is 0 Å². The zero-order valence-corrected chi connectivity index (χ0v) is 23.0. The summed E-state index contributed by atoms with van der Waals surface area (Å²) in [7, 11) is -10.7. The lowest BCUT2D eigenvalue weighted by Gasteiger charge is -2.15. The van der Waals surface area contributed by atoms with Gasteiger partial charge in [0.1, 0.15) is 12.2 Å². The summed E-state index contributed by atoms with van der Waals surface area (Å²) in [5, 5.41) is 0. The summed E-state index contributed by atoms with van der Waals surface area (Å²) in [6, 6.07) is 0. The summed E-state index contributed by atoms with van der Waals surface area (Å²) in [5.41, 5.74) is 4.48. The summed E-state index contributed by atoms with van der Waals surface area (Å²) in [6.07, 6.45) is 4.09. The Kier molecular flexibility index (Phi) is 15.6. The first-order valence-corrected chi connectivity index (χ1v) is 14.8. The van der Waals surface area contributed by atoms with Gasteiger partial charge >= 0.3 is 23.4 Å². The molecular formula is C20H37O9P3. The molecule has 0 heterocycles. The van der Waals surface area contributed by atoms with Gasteiger partial charge in [-0.05, 0) is 23.7 Å². The van der Waals surface area contributed by atoms with Crippen LogP contribution in [0.3, 0.4) is 0 Å². The van der Waals surface area contributed by atoms with Crippen LogP contribution in [-0.4, -0.2) is 26.4 Å². The molecule has 0 bridgehead atoms. The van der Waals surface area contributed by atoms with Crippen LogP contribution in [0, 0.1) is 47.2 Å². The Balaban J connectivity index is 5.05. The highest BCUT2D eigenvalue weighted by atomic mass is 31.2. The van der Waals surface area contributed by atoms with Gasteiger partial charge in [-0.1, -0.05) is 55.4 Å². The lowest BCUT2D eigenvalue weighted by molar-refractivity contribution is 0.181. The second kappa shape index (κ2) is 16.0. The average Bonchev–Trinajstić information content (AvgIpc) is 2.68. The zero-order chi connectivity index (χ0) is 24.8. The van der Waals surface area contributed by atoms with Gasteiger partial charge in [-0.25, -0.2) is 13.7 Å². The number of rotatable bonds is 14. The molecule has 12 heteroatoms. The van der Waals surface area contributed by atoms with Crippen molar-refractivity contribution in [1.29, 1.82) is 0 Å². The SMILES string of the molecule is CC(C)COP(=O)(C#CO[PH](=O)OC#CP(=O)(OCC(C)C)OCC(C)C)OCC(C)C. The molecule has 0 rings (SSSR count). The molecule has 0 aliphatic heterocycles. The second-order valence-corrected chi connectivity index (χ2v) is 13.0. The Morgan fingerprint density at radius 1 is 0.594 bits per heavy atom. The van der Waals surface area contributed by atoms with Crippen LogP contribution in [0.15, 0.2) is 0 Å². The van der Waals surface area contributed by atoms with E-state index in [1.165, 1.54) is 0 Å². The van der Waals surface area contributed by atoms with Crippen LogP contribution in [0.25, 0.3) is 0 Å².